The van der Waals surface area contributed by atoms with Crippen LogP contribution in [0.5, 0.6) is 0 Å². The topological polar surface area (TPSA) is 64.4 Å². The Kier molecular flexibility index (Phi) is 5.28. The fourth-order valence-corrected chi connectivity index (χ4v) is 1.49. The first kappa shape index (κ1) is 13.0. The zero-order valence-electron chi connectivity index (χ0n) is 9.33. The molecule has 1 heterocycles. The number of hydrogen-bond donors (Lipinski definition) is 1. The third-order valence-electron chi connectivity index (χ3n) is 2.00. The van der Waals surface area contributed by atoms with Crippen molar-refractivity contribution in [1.82, 2.24) is 10.5 Å². The molecule has 5 nitrogen and oxygen atoms in total. The minimum absolute atomic E-state index is 0.0209. The van der Waals surface area contributed by atoms with Gasteiger partial charge in [-0.2, -0.15) is 0 Å². The first-order valence-electron chi connectivity index (χ1n) is 4.98. The van der Waals surface area contributed by atoms with Crippen molar-refractivity contribution in [2.75, 3.05) is 13.0 Å². The molecule has 0 bridgehead atoms. The summed E-state index contributed by atoms with van der Waals surface area (Å²) in [5, 5.41) is 6.41. The van der Waals surface area contributed by atoms with Gasteiger partial charge in [0.1, 0.15) is 6.61 Å². The Morgan fingerprint density at radius 3 is 3.12 bits per heavy atom. The van der Waals surface area contributed by atoms with Crippen LogP contribution in [-0.2, 0) is 11.3 Å². The van der Waals surface area contributed by atoms with Gasteiger partial charge < -0.3 is 14.6 Å². The molecule has 16 heavy (non-hydrogen) atoms. The van der Waals surface area contributed by atoms with Gasteiger partial charge in [0.25, 0.3) is 5.91 Å². The molecule has 1 N–H and O–H groups in total. The SMILES string of the molecule is COCc1cc(C(=O)NC(C)CCCl)no1. The lowest BCUT2D eigenvalue weighted by atomic mass is 10.2. The van der Waals surface area contributed by atoms with Crippen LogP contribution >= 0.6 is 11.6 Å². The van der Waals surface area contributed by atoms with E-state index < -0.39 is 0 Å². The Balaban J connectivity index is 2.52. The molecule has 1 atom stereocenters. The zero-order valence-corrected chi connectivity index (χ0v) is 10.1. The third kappa shape index (κ3) is 3.83. The van der Waals surface area contributed by atoms with E-state index in [-0.39, 0.29) is 17.6 Å². The van der Waals surface area contributed by atoms with Crippen LogP contribution < -0.4 is 5.32 Å². The van der Waals surface area contributed by atoms with E-state index in [1.54, 1.807) is 13.2 Å². The lowest BCUT2D eigenvalue weighted by molar-refractivity contribution is 0.0929. The largest absolute Gasteiger partial charge is 0.377 e. The van der Waals surface area contributed by atoms with Crippen LogP contribution in [0.25, 0.3) is 0 Å². The Hall–Kier alpha value is -1.07. The number of rotatable bonds is 6. The molecular weight excluding hydrogens is 232 g/mol. The van der Waals surface area contributed by atoms with Gasteiger partial charge >= 0.3 is 0 Å². The molecule has 0 saturated carbocycles. The third-order valence-corrected chi connectivity index (χ3v) is 2.22. The van der Waals surface area contributed by atoms with Crippen LogP contribution in [0.4, 0.5) is 0 Å². The zero-order chi connectivity index (χ0) is 12.0. The highest BCUT2D eigenvalue weighted by Crippen LogP contribution is 2.05. The molecule has 1 rings (SSSR count). The van der Waals surface area contributed by atoms with Gasteiger partial charge in [-0.05, 0) is 13.3 Å². The highest BCUT2D eigenvalue weighted by atomic mass is 35.5. The summed E-state index contributed by atoms with van der Waals surface area (Å²) in [6, 6.07) is 1.58. The number of amides is 1. The van der Waals surface area contributed by atoms with Gasteiger partial charge in [-0.15, -0.1) is 11.6 Å². The summed E-state index contributed by atoms with van der Waals surface area (Å²) in [4.78, 5) is 11.6. The number of methoxy groups -OCH3 is 1. The van der Waals surface area contributed by atoms with Crippen LogP contribution in [0.15, 0.2) is 10.6 Å². The Morgan fingerprint density at radius 1 is 1.75 bits per heavy atom. The number of halogens is 1. The van der Waals surface area contributed by atoms with Crippen molar-refractivity contribution in [2.24, 2.45) is 0 Å². The molecule has 1 aromatic rings. The predicted molar refractivity (Wildman–Crippen MR) is 59.5 cm³/mol. The van der Waals surface area contributed by atoms with Crippen molar-refractivity contribution in [3.63, 3.8) is 0 Å². The molecule has 1 amide bonds. The molecule has 6 heteroatoms. The van der Waals surface area contributed by atoms with Crippen molar-refractivity contribution >= 4 is 17.5 Å². The molecular formula is C10H15ClN2O3. The Bertz CT molecular complexity index is 341. The van der Waals surface area contributed by atoms with E-state index in [1.165, 1.54) is 0 Å². The number of ether oxygens (including phenoxy) is 1. The average molecular weight is 247 g/mol. The van der Waals surface area contributed by atoms with Gasteiger partial charge in [-0.1, -0.05) is 5.16 Å². The number of nitrogens with one attached hydrogen (secondary N) is 1. The Labute approximate surface area is 99.1 Å². The van der Waals surface area contributed by atoms with Gasteiger partial charge in [0.05, 0.1) is 0 Å². The van der Waals surface area contributed by atoms with Gasteiger partial charge in [0.15, 0.2) is 11.5 Å². The van der Waals surface area contributed by atoms with Crippen molar-refractivity contribution in [3.8, 4) is 0 Å². The second-order valence-electron chi connectivity index (χ2n) is 3.46. The molecule has 1 aromatic heterocycles. The standard InChI is InChI=1S/C10H15ClN2O3/c1-7(3-4-11)12-10(14)9-5-8(6-15-2)16-13-9/h5,7H,3-4,6H2,1-2H3,(H,12,14). The minimum atomic E-state index is -0.260. The summed E-state index contributed by atoms with van der Waals surface area (Å²) in [5.74, 6) is 0.774. The monoisotopic (exact) mass is 246 g/mol. The molecule has 0 aliphatic rings. The molecule has 0 aliphatic carbocycles. The summed E-state index contributed by atoms with van der Waals surface area (Å²) in [5.41, 5.74) is 0.258. The summed E-state index contributed by atoms with van der Waals surface area (Å²) < 4.78 is 9.76. The van der Waals surface area contributed by atoms with Gasteiger partial charge in [0.2, 0.25) is 0 Å². The quantitative estimate of drug-likeness (QED) is 0.774. The summed E-state index contributed by atoms with van der Waals surface area (Å²) in [6.45, 7) is 2.19. The molecule has 0 fully saturated rings. The first-order chi connectivity index (χ1) is 7.67. The fourth-order valence-electron chi connectivity index (χ4n) is 1.16. The highest BCUT2D eigenvalue weighted by Gasteiger charge is 2.14. The van der Waals surface area contributed by atoms with Crippen molar-refractivity contribution < 1.29 is 14.1 Å². The number of hydrogen-bond acceptors (Lipinski definition) is 4. The van der Waals surface area contributed by atoms with Gasteiger partial charge in [-0.25, -0.2) is 0 Å². The van der Waals surface area contributed by atoms with Gasteiger partial charge in [0, 0.05) is 25.1 Å². The normalized spacial score (nSPS) is 12.4. The number of aromatic nitrogens is 1. The number of alkyl halides is 1. The number of carbonyl (C=O) groups is 1. The molecule has 0 aliphatic heterocycles. The van der Waals surface area contributed by atoms with Gasteiger partial charge in [-0.3, -0.25) is 4.79 Å². The van der Waals surface area contributed by atoms with Crippen molar-refractivity contribution in [3.05, 3.63) is 17.5 Å². The van der Waals surface area contributed by atoms with Crippen molar-refractivity contribution in [1.29, 1.82) is 0 Å². The lowest BCUT2D eigenvalue weighted by Crippen LogP contribution is -2.32. The summed E-state index contributed by atoms with van der Waals surface area (Å²) in [6.07, 6.45) is 0.718. The van der Waals surface area contributed by atoms with Crippen LogP contribution in [0.1, 0.15) is 29.6 Å². The number of carbonyl (C=O) groups excluding carboxylic acids is 1. The molecule has 1 unspecified atom stereocenters. The maximum atomic E-state index is 11.6. The van der Waals surface area contributed by atoms with E-state index in [2.05, 4.69) is 10.5 Å². The van der Waals surface area contributed by atoms with E-state index in [0.717, 1.165) is 6.42 Å². The molecule has 0 spiro atoms. The average Bonchev–Trinajstić information content (AvgIpc) is 2.67. The second-order valence-corrected chi connectivity index (χ2v) is 3.84. The molecule has 0 aromatic carbocycles. The van der Waals surface area contributed by atoms with E-state index >= 15 is 0 Å². The van der Waals surface area contributed by atoms with Crippen LogP contribution in [0, 0.1) is 0 Å². The first-order valence-corrected chi connectivity index (χ1v) is 5.52. The maximum Gasteiger partial charge on any atom is 0.273 e. The fraction of sp³-hybridized carbons (Fsp3) is 0.600. The van der Waals surface area contributed by atoms with E-state index in [0.29, 0.717) is 18.2 Å². The molecule has 0 saturated heterocycles. The van der Waals surface area contributed by atoms with Crippen molar-refractivity contribution in [2.45, 2.75) is 26.0 Å². The van der Waals surface area contributed by atoms with Crippen LogP contribution in [-0.4, -0.2) is 30.1 Å². The predicted octanol–water partition coefficient (Wildman–Crippen LogP) is 1.57. The van der Waals surface area contributed by atoms with E-state index in [4.69, 9.17) is 20.9 Å². The Morgan fingerprint density at radius 2 is 2.50 bits per heavy atom. The summed E-state index contributed by atoms with van der Waals surface area (Å²) >= 11 is 5.57. The lowest BCUT2D eigenvalue weighted by Gasteiger charge is -2.09. The minimum Gasteiger partial charge on any atom is -0.377 e. The summed E-state index contributed by atoms with van der Waals surface area (Å²) in [7, 11) is 1.55. The molecule has 90 valence electrons. The second kappa shape index (κ2) is 6.50. The molecule has 0 radical (unpaired) electrons. The van der Waals surface area contributed by atoms with Crippen LogP contribution in [0.3, 0.4) is 0 Å². The maximum absolute atomic E-state index is 11.6. The van der Waals surface area contributed by atoms with E-state index in [9.17, 15) is 4.79 Å². The number of nitrogens with zero attached hydrogens (tertiary/aromatic N) is 1. The van der Waals surface area contributed by atoms with Crippen LogP contribution in [0.2, 0.25) is 0 Å². The smallest absolute Gasteiger partial charge is 0.273 e. The van der Waals surface area contributed by atoms with E-state index in [1.807, 2.05) is 6.92 Å². The highest BCUT2D eigenvalue weighted by molar-refractivity contribution is 6.17.